The Bertz CT molecular complexity index is 3640. The van der Waals surface area contributed by atoms with Crippen LogP contribution >= 0.6 is 0 Å². The van der Waals surface area contributed by atoms with Gasteiger partial charge in [-0.2, -0.15) is 0 Å². The fraction of sp³-hybridized carbons (Fsp3) is 0. The van der Waals surface area contributed by atoms with Crippen LogP contribution in [0.3, 0.4) is 0 Å². The molecule has 0 amide bonds. The van der Waals surface area contributed by atoms with Crippen molar-refractivity contribution < 1.29 is 0 Å². The first-order chi connectivity index (χ1) is 30.2. The van der Waals surface area contributed by atoms with Crippen molar-refractivity contribution in [3.63, 3.8) is 0 Å². The third kappa shape index (κ3) is 5.90. The van der Waals surface area contributed by atoms with E-state index in [1.807, 2.05) is 6.07 Å². The van der Waals surface area contributed by atoms with Crippen molar-refractivity contribution in [3.05, 3.63) is 224 Å². The van der Waals surface area contributed by atoms with E-state index >= 15 is 0 Å². The molecule has 0 aliphatic carbocycles. The maximum atomic E-state index is 5.35. The fourth-order valence-corrected chi connectivity index (χ4v) is 9.35. The largest absolute Gasteiger partial charge is 0.309 e. The van der Waals surface area contributed by atoms with Gasteiger partial charge in [-0.25, -0.2) is 9.97 Å². The van der Waals surface area contributed by atoms with Gasteiger partial charge in [0.25, 0.3) is 0 Å². The summed E-state index contributed by atoms with van der Waals surface area (Å²) in [5.41, 5.74) is 13.0. The van der Waals surface area contributed by atoms with Gasteiger partial charge in [-0.05, 0) is 103 Å². The number of para-hydroxylation sites is 2. The highest BCUT2D eigenvalue weighted by Crippen LogP contribution is 2.44. The molecule has 61 heavy (non-hydrogen) atoms. The Balaban J connectivity index is 1.04. The van der Waals surface area contributed by atoms with Gasteiger partial charge in [-0.3, -0.25) is 0 Å². The first-order valence-electron chi connectivity index (χ1n) is 20.8. The molecule has 0 N–H and O–H groups in total. The molecular weight excluding hydrogens is 739 g/mol. The van der Waals surface area contributed by atoms with Crippen LogP contribution in [0.5, 0.6) is 0 Å². The SMILES string of the molecule is c1ccc(-c2nc(-c3cccc(-c4ccc5c(c4)c4ccccc4n5-c4ccccc4)c3)cc(-c3ccccc3-c3c4ccccc4cc4c3ccc3ccccc34)n2)cc1. The van der Waals surface area contributed by atoms with Crippen molar-refractivity contribution in [1.82, 2.24) is 14.5 Å². The summed E-state index contributed by atoms with van der Waals surface area (Å²) in [7, 11) is 0. The van der Waals surface area contributed by atoms with E-state index in [4.69, 9.17) is 9.97 Å². The number of fused-ring (bicyclic) bond motifs is 7. The highest BCUT2D eigenvalue weighted by atomic mass is 15.0. The Morgan fingerprint density at radius 3 is 1.77 bits per heavy atom. The van der Waals surface area contributed by atoms with E-state index in [-0.39, 0.29) is 0 Å². The molecule has 12 aromatic rings. The van der Waals surface area contributed by atoms with Crippen LogP contribution in [0.4, 0.5) is 0 Å². The van der Waals surface area contributed by atoms with Crippen LogP contribution in [0.25, 0.3) is 116 Å². The average molecular weight is 776 g/mol. The quantitative estimate of drug-likeness (QED) is 0.124. The lowest BCUT2D eigenvalue weighted by Crippen LogP contribution is -1.97. The minimum Gasteiger partial charge on any atom is -0.309 e. The lowest BCUT2D eigenvalue weighted by molar-refractivity contribution is 1.18. The van der Waals surface area contributed by atoms with Gasteiger partial charge in [0.05, 0.1) is 22.4 Å². The predicted octanol–water partition coefficient (Wildman–Crippen LogP) is 15.4. The third-order valence-corrected chi connectivity index (χ3v) is 12.2. The molecule has 0 radical (unpaired) electrons. The highest BCUT2D eigenvalue weighted by molar-refractivity contribution is 6.21. The van der Waals surface area contributed by atoms with Gasteiger partial charge in [0, 0.05) is 33.2 Å². The zero-order chi connectivity index (χ0) is 40.3. The molecule has 2 aromatic heterocycles. The molecule has 0 bridgehead atoms. The van der Waals surface area contributed by atoms with Crippen LogP contribution in [0, 0.1) is 0 Å². The van der Waals surface area contributed by atoms with Gasteiger partial charge in [-0.1, -0.05) is 176 Å². The monoisotopic (exact) mass is 775 g/mol. The zero-order valence-corrected chi connectivity index (χ0v) is 33.2. The molecule has 12 rings (SSSR count). The minimum atomic E-state index is 0.692. The van der Waals surface area contributed by atoms with Crippen LogP contribution in [-0.2, 0) is 0 Å². The molecule has 0 fully saturated rings. The molecule has 0 spiro atoms. The van der Waals surface area contributed by atoms with Gasteiger partial charge >= 0.3 is 0 Å². The van der Waals surface area contributed by atoms with Gasteiger partial charge in [-0.15, -0.1) is 0 Å². The summed E-state index contributed by atoms with van der Waals surface area (Å²) in [5.74, 6) is 0.692. The van der Waals surface area contributed by atoms with Crippen molar-refractivity contribution in [3.8, 4) is 61.8 Å². The Labute approximate surface area is 353 Å². The molecule has 0 atom stereocenters. The summed E-state index contributed by atoms with van der Waals surface area (Å²) in [6.45, 7) is 0. The Hall–Kier alpha value is -8.14. The van der Waals surface area contributed by atoms with Crippen molar-refractivity contribution in [2.24, 2.45) is 0 Å². The van der Waals surface area contributed by atoms with E-state index in [9.17, 15) is 0 Å². The van der Waals surface area contributed by atoms with E-state index in [2.05, 4.69) is 223 Å². The van der Waals surface area contributed by atoms with Crippen molar-refractivity contribution in [2.75, 3.05) is 0 Å². The third-order valence-electron chi connectivity index (χ3n) is 12.2. The van der Waals surface area contributed by atoms with E-state index in [1.165, 1.54) is 59.7 Å². The Morgan fingerprint density at radius 1 is 0.295 bits per heavy atom. The maximum Gasteiger partial charge on any atom is 0.160 e. The summed E-state index contributed by atoms with van der Waals surface area (Å²) in [6, 6.07) is 80.5. The van der Waals surface area contributed by atoms with Crippen LogP contribution < -0.4 is 0 Å². The fourth-order valence-electron chi connectivity index (χ4n) is 9.35. The minimum absolute atomic E-state index is 0.692. The molecule has 3 heteroatoms. The van der Waals surface area contributed by atoms with E-state index in [1.54, 1.807) is 0 Å². The summed E-state index contributed by atoms with van der Waals surface area (Å²) < 4.78 is 2.36. The van der Waals surface area contributed by atoms with Gasteiger partial charge in [0.15, 0.2) is 5.82 Å². The number of benzene rings is 10. The summed E-state index contributed by atoms with van der Waals surface area (Å²) in [6.07, 6.45) is 0. The number of hydrogen-bond donors (Lipinski definition) is 0. The predicted molar refractivity (Wildman–Crippen MR) is 256 cm³/mol. The second kappa shape index (κ2) is 14.3. The molecular formula is C58H37N3. The smallest absolute Gasteiger partial charge is 0.160 e. The topological polar surface area (TPSA) is 30.7 Å². The number of rotatable bonds is 6. The lowest BCUT2D eigenvalue weighted by Gasteiger charge is -2.17. The number of aromatic nitrogens is 3. The maximum absolute atomic E-state index is 5.35. The van der Waals surface area contributed by atoms with Gasteiger partial charge in [0.1, 0.15) is 0 Å². The molecule has 10 aromatic carbocycles. The van der Waals surface area contributed by atoms with E-state index in [0.29, 0.717) is 5.82 Å². The molecule has 284 valence electrons. The molecule has 0 aliphatic rings. The standard InChI is InChI=1S/C58H37N3/c1-3-17-39(18-4-1)58-59-53(43-21-15-20-40(34-43)41-31-33-56-52(35-41)48-27-13-14-29-55(48)61(56)44-22-5-2-6-23-44)37-54(60-58)47-26-11-12-28-49(47)57-46-25-10-8-19-42(46)36-51-45-24-9-7-16-38(45)30-32-50(51)57/h1-37H. The molecule has 0 saturated heterocycles. The first kappa shape index (κ1) is 34.9. The lowest BCUT2D eigenvalue weighted by atomic mass is 9.87. The molecule has 3 nitrogen and oxygen atoms in total. The Morgan fingerprint density at radius 2 is 0.918 bits per heavy atom. The van der Waals surface area contributed by atoms with Gasteiger partial charge < -0.3 is 4.57 Å². The van der Waals surface area contributed by atoms with E-state index in [0.717, 1.165) is 50.5 Å². The van der Waals surface area contributed by atoms with Crippen LogP contribution in [0.15, 0.2) is 224 Å². The summed E-state index contributed by atoms with van der Waals surface area (Å²) >= 11 is 0. The second-order valence-corrected chi connectivity index (χ2v) is 15.7. The molecule has 0 unspecified atom stereocenters. The highest BCUT2D eigenvalue weighted by Gasteiger charge is 2.19. The zero-order valence-electron chi connectivity index (χ0n) is 33.2. The normalized spacial score (nSPS) is 11.6. The van der Waals surface area contributed by atoms with Crippen LogP contribution in [0.2, 0.25) is 0 Å². The van der Waals surface area contributed by atoms with E-state index < -0.39 is 0 Å². The number of hydrogen-bond acceptors (Lipinski definition) is 2. The number of nitrogens with zero attached hydrogens (tertiary/aromatic N) is 3. The Kier molecular flexibility index (Phi) is 8.17. The second-order valence-electron chi connectivity index (χ2n) is 15.7. The molecule has 2 heterocycles. The van der Waals surface area contributed by atoms with Gasteiger partial charge in [0.2, 0.25) is 0 Å². The van der Waals surface area contributed by atoms with Crippen molar-refractivity contribution >= 4 is 54.1 Å². The average Bonchev–Trinajstić information content (AvgIpc) is 3.67. The van der Waals surface area contributed by atoms with Crippen LogP contribution in [0.1, 0.15) is 0 Å². The molecule has 0 saturated carbocycles. The molecule has 0 aliphatic heterocycles. The van der Waals surface area contributed by atoms with Crippen LogP contribution in [-0.4, -0.2) is 14.5 Å². The summed E-state index contributed by atoms with van der Waals surface area (Å²) in [4.78, 5) is 10.6. The van der Waals surface area contributed by atoms with Crippen molar-refractivity contribution in [2.45, 2.75) is 0 Å². The summed E-state index contributed by atoms with van der Waals surface area (Å²) in [5, 5.41) is 9.84. The first-order valence-corrected chi connectivity index (χ1v) is 20.8. The van der Waals surface area contributed by atoms with Crippen molar-refractivity contribution in [1.29, 1.82) is 0 Å².